The smallest absolute Gasteiger partial charge is 0.305 e. The van der Waals surface area contributed by atoms with E-state index in [9.17, 15) is 4.79 Å². The SMILES string of the molecule is Cl.N[C@@H](CC(=O)O)c1cc(Br)cc(Br)c1. The molecule has 0 aliphatic carbocycles. The second-order valence-corrected chi connectivity index (χ2v) is 4.74. The van der Waals surface area contributed by atoms with Crippen LogP contribution in [0.5, 0.6) is 0 Å². The Morgan fingerprint density at radius 2 is 1.80 bits per heavy atom. The maximum atomic E-state index is 10.4. The zero-order chi connectivity index (χ0) is 10.7. The Bertz CT molecular complexity index is 340. The molecular weight excluding hydrogens is 349 g/mol. The van der Waals surface area contributed by atoms with Crippen LogP contribution < -0.4 is 5.73 Å². The standard InChI is InChI=1S/C9H9Br2NO2.ClH/c10-6-1-5(2-7(11)3-6)8(12)4-9(13)14;/h1-3,8H,4,12H2,(H,13,14);1H/t8-;/m0./s1. The van der Waals surface area contributed by atoms with Crippen molar-refractivity contribution in [2.75, 3.05) is 0 Å². The van der Waals surface area contributed by atoms with Crippen molar-refractivity contribution >= 4 is 50.2 Å². The number of hydrogen-bond donors (Lipinski definition) is 2. The molecule has 3 nitrogen and oxygen atoms in total. The van der Waals surface area contributed by atoms with Gasteiger partial charge in [0.25, 0.3) is 0 Å². The van der Waals surface area contributed by atoms with Gasteiger partial charge in [0.15, 0.2) is 0 Å². The summed E-state index contributed by atoms with van der Waals surface area (Å²) in [6, 6.07) is 5.04. The maximum Gasteiger partial charge on any atom is 0.305 e. The summed E-state index contributed by atoms with van der Waals surface area (Å²) in [5.74, 6) is -0.895. The van der Waals surface area contributed by atoms with Crippen molar-refractivity contribution in [1.82, 2.24) is 0 Å². The molecule has 0 aliphatic heterocycles. The normalized spacial score (nSPS) is 11.7. The minimum Gasteiger partial charge on any atom is -0.481 e. The molecule has 84 valence electrons. The molecule has 1 aromatic carbocycles. The second-order valence-electron chi connectivity index (χ2n) is 2.91. The van der Waals surface area contributed by atoms with Crippen LogP contribution in [0.4, 0.5) is 0 Å². The van der Waals surface area contributed by atoms with E-state index in [-0.39, 0.29) is 18.8 Å². The molecule has 0 heterocycles. The minimum absolute atomic E-state index is 0. The highest BCUT2D eigenvalue weighted by Crippen LogP contribution is 2.24. The van der Waals surface area contributed by atoms with Crippen molar-refractivity contribution in [3.63, 3.8) is 0 Å². The first-order valence-corrected chi connectivity index (χ1v) is 5.51. The third kappa shape index (κ3) is 4.97. The largest absolute Gasteiger partial charge is 0.481 e. The van der Waals surface area contributed by atoms with Gasteiger partial charge in [0.1, 0.15) is 0 Å². The monoisotopic (exact) mass is 357 g/mol. The topological polar surface area (TPSA) is 63.3 Å². The molecule has 6 heteroatoms. The Morgan fingerprint density at radius 1 is 1.33 bits per heavy atom. The van der Waals surface area contributed by atoms with Crippen molar-refractivity contribution in [1.29, 1.82) is 0 Å². The predicted octanol–water partition coefficient (Wildman–Crippen LogP) is 3.11. The first-order valence-electron chi connectivity index (χ1n) is 3.92. The summed E-state index contributed by atoms with van der Waals surface area (Å²) in [6.45, 7) is 0. The molecule has 1 aromatic rings. The van der Waals surface area contributed by atoms with Gasteiger partial charge in [-0.3, -0.25) is 4.79 Å². The van der Waals surface area contributed by atoms with E-state index < -0.39 is 12.0 Å². The molecule has 0 aliphatic rings. The molecule has 1 atom stereocenters. The predicted molar refractivity (Wildman–Crippen MR) is 68.3 cm³/mol. The summed E-state index contributed by atoms with van der Waals surface area (Å²) in [6.07, 6.45) is -0.0666. The quantitative estimate of drug-likeness (QED) is 0.872. The van der Waals surface area contributed by atoms with Gasteiger partial charge in [-0.2, -0.15) is 0 Å². The molecule has 0 saturated heterocycles. The fraction of sp³-hybridized carbons (Fsp3) is 0.222. The van der Waals surface area contributed by atoms with E-state index in [0.29, 0.717) is 0 Å². The average Bonchev–Trinajstić information content (AvgIpc) is 2.00. The molecule has 0 saturated carbocycles. The first-order chi connectivity index (χ1) is 6.49. The van der Waals surface area contributed by atoms with Crippen LogP contribution >= 0.6 is 44.3 Å². The van der Waals surface area contributed by atoms with Crippen LogP contribution in [-0.2, 0) is 4.79 Å². The van der Waals surface area contributed by atoms with Crippen LogP contribution in [0.1, 0.15) is 18.0 Å². The van der Waals surface area contributed by atoms with Gasteiger partial charge in [-0.15, -0.1) is 12.4 Å². The number of nitrogens with two attached hydrogens (primary N) is 1. The second kappa shape index (κ2) is 6.48. The lowest BCUT2D eigenvalue weighted by Crippen LogP contribution is -2.14. The van der Waals surface area contributed by atoms with E-state index in [1.807, 2.05) is 18.2 Å². The van der Waals surface area contributed by atoms with Gasteiger partial charge in [-0.25, -0.2) is 0 Å². The number of carbonyl (C=O) groups is 1. The van der Waals surface area contributed by atoms with Gasteiger partial charge < -0.3 is 10.8 Å². The first kappa shape index (κ1) is 14.9. The molecule has 15 heavy (non-hydrogen) atoms. The van der Waals surface area contributed by atoms with Crippen molar-refractivity contribution in [2.45, 2.75) is 12.5 Å². The Morgan fingerprint density at radius 3 is 2.20 bits per heavy atom. The average molecular weight is 359 g/mol. The zero-order valence-electron chi connectivity index (χ0n) is 7.61. The van der Waals surface area contributed by atoms with E-state index in [0.717, 1.165) is 14.5 Å². The lowest BCUT2D eigenvalue weighted by molar-refractivity contribution is -0.137. The number of carboxylic acids is 1. The minimum atomic E-state index is -0.895. The van der Waals surface area contributed by atoms with Crippen molar-refractivity contribution in [2.24, 2.45) is 5.73 Å². The highest BCUT2D eigenvalue weighted by atomic mass is 79.9. The number of hydrogen-bond acceptors (Lipinski definition) is 2. The summed E-state index contributed by atoms with van der Waals surface area (Å²) in [5.41, 5.74) is 6.51. The number of carboxylic acid groups (broad SMARTS) is 1. The molecule has 0 radical (unpaired) electrons. The summed E-state index contributed by atoms with van der Waals surface area (Å²) >= 11 is 6.63. The van der Waals surface area contributed by atoms with Crippen LogP contribution in [-0.4, -0.2) is 11.1 Å². The van der Waals surface area contributed by atoms with E-state index in [1.54, 1.807) is 0 Å². The number of benzene rings is 1. The third-order valence-electron chi connectivity index (χ3n) is 1.71. The number of rotatable bonds is 3. The summed E-state index contributed by atoms with van der Waals surface area (Å²) in [4.78, 5) is 10.4. The van der Waals surface area contributed by atoms with Gasteiger partial charge in [-0.05, 0) is 23.8 Å². The Balaban J connectivity index is 0.00000196. The van der Waals surface area contributed by atoms with Crippen LogP contribution in [0.2, 0.25) is 0 Å². The molecule has 0 unspecified atom stereocenters. The van der Waals surface area contributed by atoms with E-state index >= 15 is 0 Å². The van der Waals surface area contributed by atoms with Crippen molar-refractivity contribution in [3.8, 4) is 0 Å². The number of aliphatic carboxylic acids is 1. The Hall–Kier alpha value is -0.100. The fourth-order valence-electron chi connectivity index (χ4n) is 1.10. The maximum absolute atomic E-state index is 10.4. The highest BCUT2D eigenvalue weighted by Gasteiger charge is 2.11. The molecular formula is C9H10Br2ClNO2. The van der Waals surface area contributed by atoms with E-state index in [2.05, 4.69) is 31.9 Å². The lowest BCUT2D eigenvalue weighted by atomic mass is 10.1. The Kier molecular flexibility index (Phi) is 6.43. The Labute approximate surface area is 111 Å². The molecule has 0 aromatic heterocycles. The van der Waals surface area contributed by atoms with Gasteiger partial charge in [-0.1, -0.05) is 31.9 Å². The number of halogens is 3. The fourth-order valence-corrected chi connectivity index (χ4v) is 2.42. The third-order valence-corrected chi connectivity index (χ3v) is 2.62. The highest BCUT2D eigenvalue weighted by molar-refractivity contribution is 9.11. The van der Waals surface area contributed by atoms with Crippen molar-refractivity contribution in [3.05, 3.63) is 32.7 Å². The van der Waals surface area contributed by atoms with Gasteiger partial charge in [0, 0.05) is 15.0 Å². The molecule has 0 spiro atoms. The molecule has 0 fully saturated rings. The van der Waals surface area contributed by atoms with Crippen LogP contribution in [0.15, 0.2) is 27.1 Å². The van der Waals surface area contributed by atoms with E-state index in [1.165, 1.54) is 0 Å². The zero-order valence-corrected chi connectivity index (χ0v) is 11.6. The summed E-state index contributed by atoms with van der Waals surface area (Å²) in [5, 5.41) is 8.58. The summed E-state index contributed by atoms with van der Waals surface area (Å²) < 4.78 is 1.76. The molecule has 1 rings (SSSR count). The van der Waals surface area contributed by atoms with Crippen LogP contribution in [0.3, 0.4) is 0 Å². The lowest BCUT2D eigenvalue weighted by Gasteiger charge is -2.10. The van der Waals surface area contributed by atoms with Crippen LogP contribution in [0, 0.1) is 0 Å². The van der Waals surface area contributed by atoms with E-state index in [4.69, 9.17) is 10.8 Å². The van der Waals surface area contributed by atoms with Gasteiger partial charge in [0.05, 0.1) is 6.42 Å². The molecule has 0 amide bonds. The van der Waals surface area contributed by atoms with Gasteiger partial charge >= 0.3 is 5.97 Å². The molecule has 0 bridgehead atoms. The van der Waals surface area contributed by atoms with Crippen LogP contribution in [0.25, 0.3) is 0 Å². The summed E-state index contributed by atoms with van der Waals surface area (Å²) in [7, 11) is 0. The molecule has 3 N–H and O–H groups in total. The van der Waals surface area contributed by atoms with Gasteiger partial charge in [0.2, 0.25) is 0 Å². The van der Waals surface area contributed by atoms with Crippen molar-refractivity contribution < 1.29 is 9.90 Å².